The van der Waals surface area contributed by atoms with E-state index in [2.05, 4.69) is 40.8 Å². The number of sulfone groups is 1. The second-order valence-corrected chi connectivity index (χ2v) is 9.74. The van der Waals surface area contributed by atoms with Gasteiger partial charge in [-0.25, -0.2) is 18.4 Å². The molecular formula is C20H28N4O2S. The lowest BCUT2D eigenvalue weighted by Crippen LogP contribution is -2.35. The van der Waals surface area contributed by atoms with E-state index in [1.807, 2.05) is 43.1 Å². The lowest BCUT2D eigenvalue weighted by Gasteiger charge is -2.30. The average molecular weight is 389 g/mol. The summed E-state index contributed by atoms with van der Waals surface area (Å²) in [6.45, 7) is 6.93. The van der Waals surface area contributed by atoms with Crippen molar-refractivity contribution in [3.8, 4) is 0 Å². The molecule has 1 saturated heterocycles. The van der Waals surface area contributed by atoms with Crippen molar-refractivity contribution in [1.82, 2.24) is 9.97 Å². The number of benzene rings is 1. The smallest absolute Gasteiger partial charge is 0.152 e. The standard InChI is InChI=1S/C20H28N4O2S/c1-15(2)24(13-17-8-6-5-7-9-17)20-12-19(21-16(3)22-20)23(4)18-10-11-27(25,26)14-18/h5-9,12,15,18H,10-11,13-14H2,1-4H3. The molecule has 3 rings (SSSR count). The van der Waals surface area contributed by atoms with Gasteiger partial charge in [0.25, 0.3) is 0 Å². The van der Waals surface area contributed by atoms with Crippen LogP contribution in [0.3, 0.4) is 0 Å². The first-order valence-electron chi connectivity index (χ1n) is 9.34. The van der Waals surface area contributed by atoms with Crippen LogP contribution in [0.15, 0.2) is 36.4 Å². The van der Waals surface area contributed by atoms with E-state index in [4.69, 9.17) is 0 Å². The van der Waals surface area contributed by atoms with Crippen LogP contribution in [0.4, 0.5) is 11.6 Å². The molecule has 6 nitrogen and oxygen atoms in total. The fourth-order valence-electron chi connectivity index (χ4n) is 3.44. The fraction of sp³-hybridized carbons (Fsp3) is 0.500. The predicted molar refractivity (Wildman–Crippen MR) is 110 cm³/mol. The number of aryl methyl sites for hydroxylation is 1. The molecule has 2 heterocycles. The molecule has 0 radical (unpaired) electrons. The molecule has 1 fully saturated rings. The Hall–Kier alpha value is -2.15. The van der Waals surface area contributed by atoms with Crippen LogP contribution in [-0.4, -0.2) is 49.0 Å². The van der Waals surface area contributed by atoms with Gasteiger partial charge < -0.3 is 9.80 Å². The summed E-state index contributed by atoms with van der Waals surface area (Å²) >= 11 is 0. The third kappa shape index (κ3) is 4.77. The van der Waals surface area contributed by atoms with Gasteiger partial charge in [0, 0.05) is 31.7 Å². The Labute approximate surface area is 162 Å². The number of anilines is 2. The van der Waals surface area contributed by atoms with Crippen molar-refractivity contribution in [1.29, 1.82) is 0 Å². The van der Waals surface area contributed by atoms with Crippen LogP contribution in [-0.2, 0) is 16.4 Å². The second-order valence-electron chi connectivity index (χ2n) is 7.51. The maximum Gasteiger partial charge on any atom is 0.152 e. The van der Waals surface area contributed by atoms with E-state index in [0.717, 1.165) is 18.2 Å². The van der Waals surface area contributed by atoms with Crippen LogP contribution >= 0.6 is 0 Å². The van der Waals surface area contributed by atoms with Gasteiger partial charge in [-0.05, 0) is 32.8 Å². The van der Waals surface area contributed by atoms with Gasteiger partial charge in [0.2, 0.25) is 0 Å². The van der Waals surface area contributed by atoms with E-state index in [1.165, 1.54) is 5.56 Å². The average Bonchev–Trinajstić information content (AvgIpc) is 2.99. The molecule has 1 aliphatic rings. The quantitative estimate of drug-likeness (QED) is 0.758. The zero-order valence-electron chi connectivity index (χ0n) is 16.5. The van der Waals surface area contributed by atoms with Gasteiger partial charge in [-0.1, -0.05) is 30.3 Å². The minimum absolute atomic E-state index is 0.0289. The molecule has 1 atom stereocenters. The number of nitrogens with zero attached hydrogens (tertiary/aromatic N) is 4. The van der Waals surface area contributed by atoms with Crippen molar-refractivity contribution in [3.63, 3.8) is 0 Å². The first kappa shape index (κ1) is 19.6. The zero-order valence-corrected chi connectivity index (χ0v) is 17.3. The predicted octanol–water partition coefficient (Wildman–Crippen LogP) is 2.82. The van der Waals surface area contributed by atoms with Crippen LogP contribution in [0.25, 0.3) is 0 Å². The highest BCUT2D eigenvalue weighted by Crippen LogP contribution is 2.26. The van der Waals surface area contributed by atoms with Crippen LogP contribution in [0.5, 0.6) is 0 Å². The van der Waals surface area contributed by atoms with E-state index < -0.39 is 9.84 Å². The van der Waals surface area contributed by atoms with Crippen LogP contribution in [0, 0.1) is 6.92 Å². The highest BCUT2D eigenvalue weighted by Gasteiger charge is 2.31. The first-order chi connectivity index (χ1) is 12.7. The van der Waals surface area contributed by atoms with E-state index >= 15 is 0 Å². The maximum absolute atomic E-state index is 11.8. The highest BCUT2D eigenvalue weighted by molar-refractivity contribution is 7.91. The Bertz CT molecular complexity index is 884. The van der Waals surface area contributed by atoms with E-state index in [-0.39, 0.29) is 23.6 Å². The first-order valence-corrected chi connectivity index (χ1v) is 11.2. The minimum Gasteiger partial charge on any atom is -0.355 e. The Morgan fingerprint density at radius 3 is 2.41 bits per heavy atom. The third-order valence-electron chi connectivity index (χ3n) is 5.04. The van der Waals surface area contributed by atoms with Crippen molar-refractivity contribution in [2.75, 3.05) is 28.4 Å². The van der Waals surface area contributed by atoms with Crippen molar-refractivity contribution < 1.29 is 8.42 Å². The number of aromatic nitrogens is 2. The molecule has 7 heteroatoms. The summed E-state index contributed by atoms with van der Waals surface area (Å²) in [5, 5.41) is 0. The largest absolute Gasteiger partial charge is 0.355 e. The van der Waals surface area contributed by atoms with Gasteiger partial charge in [0.05, 0.1) is 11.5 Å². The van der Waals surface area contributed by atoms with Crippen molar-refractivity contribution in [2.24, 2.45) is 0 Å². The van der Waals surface area contributed by atoms with Gasteiger partial charge in [0.1, 0.15) is 17.5 Å². The highest BCUT2D eigenvalue weighted by atomic mass is 32.2. The normalized spacial score (nSPS) is 18.6. The lowest BCUT2D eigenvalue weighted by atomic mass is 10.2. The van der Waals surface area contributed by atoms with Gasteiger partial charge in [0.15, 0.2) is 9.84 Å². The van der Waals surface area contributed by atoms with Gasteiger partial charge in [-0.3, -0.25) is 0 Å². The second kappa shape index (κ2) is 7.84. The molecule has 0 aliphatic carbocycles. The maximum atomic E-state index is 11.8. The number of hydrogen-bond donors (Lipinski definition) is 0. The third-order valence-corrected chi connectivity index (χ3v) is 6.79. The minimum atomic E-state index is -2.93. The van der Waals surface area contributed by atoms with E-state index in [9.17, 15) is 8.42 Å². The molecule has 0 N–H and O–H groups in total. The number of hydrogen-bond acceptors (Lipinski definition) is 6. The summed E-state index contributed by atoms with van der Waals surface area (Å²) in [5.74, 6) is 2.78. The molecule has 1 unspecified atom stereocenters. The Kier molecular flexibility index (Phi) is 5.69. The van der Waals surface area contributed by atoms with Gasteiger partial charge >= 0.3 is 0 Å². The van der Waals surface area contributed by atoms with E-state index in [1.54, 1.807) is 0 Å². The fourth-order valence-corrected chi connectivity index (χ4v) is 5.21. The summed E-state index contributed by atoms with van der Waals surface area (Å²) in [7, 11) is -1.01. The molecule has 0 bridgehead atoms. The Balaban J connectivity index is 1.88. The van der Waals surface area contributed by atoms with Gasteiger partial charge in [-0.15, -0.1) is 0 Å². The molecule has 1 aromatic heterocycles. The molecule has 146 valence electrons. The lowest BCUT2D eigenvalue weighted by molar-refractivity contribution is 0.600. The topological polar surface area (TPSA) is 66.4 Å². The summed E-state index contributed by atoms with van der Waals surface area (Å²) in [6.07, 6.45) is 0.648. The molecule has 1 aliphatic heterocycles. The molecular weight excluding hydrogens is 360 g/mol. The van der Waals surface area contributed by atoms with Crippen LogP contribution < -0.4 is 9.80 Å². The monoisotopic (exact) mass is 388 g/mol. The van der Waals surface area contributed by atoms with E-state index in [0.29, 0.717) is 12.2 Å². The summed E-state index contributed by atoms with van der Waals surface area (Å²) < 4.78 is 23.7. The Morgan fingerprint density at radius 1 is 1.15 bits per heavy atom. The van der Waals surface area contributed by atoms with Crippen molar-refractivity contribution in [2.45, 2.75) is 45.8 Å². The van der Waals surface area contributed by atoms with Crippen molar-refractivity contribution >= 4 is 21.5 Å². The van der Waals surface area contributed by atoms with Crippen LogP contribution in [0.2, 0.25) is 0 Å². The summed E-state index contributed by atoms with van der Waals surface area (Å²) in [4.78, 5) is 13.5. The van der Waals surface area contributed by atoms with Gasteiger partial charge in [-0.2, -0.15) is 0 Å². The summed E-state index contributed by atoms with van der Waals surface area (Å²) in [6, 6.07) is 12.5. The SMILES string of the molecule is Cc1nc(N(C)C2CCS(=O)(=O)C2)cc(N(Cc2ccccc2)C(C)C)n1. The van der Waals surface area contributed by atoms with Crippen molar-refractivity contribution in [3.05, 3.63) is 47.8 Å². The number of rotatable bonds is 6. The van der Waals surface area contributed by atoms with Crippen LogP contribution in [0.1, 0.15) is 31.7 Å². The zero-order chi connectivity index (χ0) is 19.6. The molecule has 0 saturated carbocycles. The molecule has 0 amide bonds. The summed E-state index contributed by atoms with van der Waals surface area (Å²) in [5.41, 5.74) is 1.22. The Morgan fingerprint density at radius 2 is 1.81 bits per heavy atom. The molecule has 2 aromatic rings. The molecule has 27 heavy (non-hydrogen) atoms. The molecule has 0 spiro atoms. The molecule has 1 aromatic carbocycles.